The summed E-state index contributed by atoms with van der Waals surface area (Å²) in [5.41, 5.74) is 0.473. The Balaban J connectivity index is 1.89. The number of hydrogen-bond donors (Lipinski definition) is 1. The maximum atomic E-state index is 13.4. The van der Waals surface area contributed by atoms with Crippen LogP contribution in [0.2, 0.25) is 0 Å². The molecule has 0 aliphatic rings. The third-order valence-electron chi connectivity index (χ3n) is 5.05. The van der Waals surface area contributed by atoms with Gasteiger partial charge in [0.05, 0.1) is 25.3 Å². The molecule has 0 atom stereocenters. The molecule has 0 aliphatic heterocycles. The summed E-state index contributed by atoms with van der Waals surface area (Å²) in [5, 5.41) is 11.1. The van der Waals surface area contributed by atoms with Gasteiger partial charge in [-0.3, -0.25) is 14.2 Å². The zero-order valence-electron chi connectivity index (χ0n) is 17.0. The average molecular weight is 416 g/mol. The van der Waals surface area contributed by atoms with E-state index in [0.717, 1.165) is 0 Å². The second kappa shape index (κ2) is 8.31. The molecule has 0 aliphatic carbocycles. The number of ether oxygens (including phenoxy) is 2. The zero-order valence-corrected chi connectivity index (χ0v) is 17.0. The Kier molecular flexibility index (Phi) is 5.41. The molecular formula is C24H20N2O5. The van der Waals surface area contributed by atoms with Crippen LogP contribution in [-0.4, -0.2) is 34.7 Å². The monoisotopic (exact) mass is 416 g/mol. The summed E-state index contributed by atoms with van der Waals surface area (Å²) in [4.78, 5) is 30.9. The van der Waals surface area contributed by atoms with Crippen LogP contribution in [0.3, 0.4) is 0 Å². The SMILES string of the molecule is COc1ccc(CC(=O)c2c(O)c3cccnc3n(-c3ccccc3)c2=O)c(OC)c1. The highest BCUT2D eigenvalue weighted by molar-refractivity contribution is 6.04. The predicted octanol–water partition coefficient (Wildman–Crippen LogP) is 3.53. The van der Waals surface area contributed by atoms with Gasteiger partial charge in [0.25, 0.3) is 5.56 Å². The van der Waals surface area contributed by atoms with Crippen molar-refractivity contribution in [2.45, 2.75) is 6.42 Å². The van der Waals surface area contributed by atoms with E-state index in [-0.39, 0.29) is 23.4 Å². The maximum Gasteiger partial charge on any atom is 0.271 e. The number of methoxy groups -OCH3 is 2. The van der Waals surface area contributed by atoms with Crippen LogP contribution in [0.1, 0.15) is 15.9 Å². The number of carbonyl (C=O) groups is 1. The van der Waals surface area contributed by atoms with Crippen LogP contribution < -0.4 is 15.0 Å². The summed E-state index contributed by atoms with van der Waals surface area (Å²) in [7, 11) is 3.02. The lowest BCUT2D eigenvalue weighted by Gasteiger charge is -2.14. The summed E-state index contributed by atoms with van der Waals surface area (Å²) in [6.07, 6.45) is 1.40. The number of para-hydroxylation sites is 1. The van der Waals surface area contributed by atoms with E-state index in [0.29, 0.717) is 28.1 Å². The number of rotatable bonds is 6. The number of benzene rings is 2. The van der Waals surface area contributed by atoms with Gasteiger partial charge >= 0.3 is 0 Å². The molecule has 1 N–H and O–H groups in total. The van der Waals surface area contributed by atoms with Crippen LogP contribution in [0.4, 0.5) is 0 Å². The number of ketones is 1. The highest BCUT2D eigenvalue weighted by Gasteiger charge is 2.24. The normalized spacial score (nSPS) is 10.8. The van der Waals surface area contributed by atoms with Crippen molar-refractivity contribution in [2.75, 3.05) is 14.2 Å². The average Bonchev–Trinajstić information content (AvgIpc) is 2.80. The highest BCUT2D eigenvalue weighted by atomic mass is 16.5. The molecule has 0 saturated carbocycles. The summed E-state index contributed by atoms with van der Waals surface area (Å²) in [5.74, 6) is 0.135. The number of aromatic nitrogens is 2. The van der Waals surface area contributed by atoms with E-state index in [1.54, 1.807) is 54.6 Å². The number of pyridine rings is 2. The number of carbonyl (C=O) groups excluding carboxylic acids is 1. The van der Waals surface area contributed by atoms with Gasteiger partial charge in [-0.2, -0.15) is 0 Å². The van der Waals surface area contributed by atoms with Crippen molar-refractivity contribution >= 4 is 16.8 Å². The van der Waals surface area contributed by atoms with E-state index >= 15 is 0 Å². The summed E-state index contributed by atoms with van der Waals surface area (Å²) < 4.78 is 11.9. The lowest BCUT2D eigenvalue weighted by Crippen LogP contribution is -2.27. The van der Waals surface area contributed by atoms with Crippen LogP contribution in [-0.2, 0) is 6.42 Å². The van der Waals surface area contributed by atoms with Crippen molar-refractivity contribution in [3.8, 4) is 22.9 Å². The largest absolute Gasteiger partial charge is 0.506 e. The predicted molar refractivity (Wildman–Crippen MR) is 117 cm³/mol. The lowest BCUT2D eigenvalue weighted by atomic mass is 10.0. The van der Waals surface area contributed by atoms with Crippen LogP contribution in [0, 0.1) is 0 Å². The zero-order chi connectivity index (χ0) is 22.0. The molecule has 4 rings (SSSR count). The Morgan fingerprint density at radius 2 is 1.81 bits per heavy atom. The van der Waals surface area contributed by atoms with E-state index in [2.05, 4.69) is 4.98 Å². The molecule has 4 aromatic rings. The van der Waals surface area contributed by atoms with Crippen molar-refractivity contribution in [1.29, 1.82) is 0 Å². The van der Waals surface area contributed by atoms with Gasteiger partial charge in [-0.15, -0.1) is 0 Å². The molecule has 0 radical (unpaired) electrons. The first-order valence-electron chi connectivity index (χ1n) is 9.57. The minimum atomic E-state index is -0.632. The van der Waals surface area contributed by atoms with Gasteiger partial charge in [0, 0.05) is 24.2 Å². The quantitative estimate of drug-likeness (QED) is 0.484. The Bertz CT molecular complexity index is 1330. The van der Waals surface area contributed by atoms with Gasteiger partial charge in [-0.1, -0.05) is 24.3 Å². The van der Waals surface area contributed by atoms with Crippen molar-refractivity contribution in [1.82, 2.24) is 9.55 Å². The molecule has 0 unspecified atom stereocenters. The third-order valence-corrected chi connectivity index (χ3v) is 5.05. The first-order valence-corrected chi connectivity index (χ1v) is 9.57. The van der Waals surface area contributed by atoms with Crippen molar-refractivity contribution in [2.24, 2.45) is 0 Å². The van der Waals surface area contributed by atoms with E-state index in [1.807, 2.05) is 6.07 Å². The fourth-order valence-corrected chi connectivity index (χ4v) is 3.53. The minimum absolute atomic E-state index is 0.128. The lowest BCUT2D eigenvalue weighted by molar-refractivity contribution is 0.0988. The first-order chi connectivity index (χ1) is 15.0. The Hall–Kier alpha value is -4.13. The third kappa shape index (κ3) is 3.61. The molecule has 0 amide bonds. The second-order valence-electron chi connectivity index (χ2n) is 6.85. The molecule has 2 aromatic carbocycles. The molecule has 31 heavy (non-hydrogen) atoms. The van der Waals surface area contributed by atoms with Crippen molar-refractivity contribution < 1.29 is 19.4 Å². The van der Waals surface area contributed by atoms with Crippen LogP contribution in [0.25, 0.3) is 16.7 Å². The Labute approximate surface area is 178 Å². The standard InChI is InChI=1S/C24H20N2O5/c1-30-17-11-10-15(20(14-17)31-2)13-19(27)21-22(28)18-9-6-12-25-23(18)26(24(21)29)16-7-4-3-5-8-16/h3-12,14,28H,13H2,1-2H3. The van der Waals surface area contributed by atoms with Crippen molar-refractivity contribution in [3.05, 3.63) is 88.3 Å². The summed E-state index contributed by atoms with van der Waals surface area (Å²) in [6, 6.07) is 17.2. The van der Waals surface area contributed by atoms with Gasteiger partial charge in [-0.05, 0) is 30.3 Å². The summed E-state index contributed by atoms with van der Waals surface area (Å²) >= 11 is 0. The molecule has 2 heterocycles. The fourth-order valence-electron chi connectivity index (χ4n) is 3.53. The van der Waals surface area contributed by atoms with Crippen LogP contribution in [0.5, 0.6) is 17.2 Å². The van der Waals surface area contributed by atoms with E-state index < -0.39 is 11.3 Å². The molecule has 0 spiro atoms. The van der Waals surface area contributed by atoms with Gasteiger partial charge < -0.3 is 14.6 Å². The van der Waals surface area contributed by atoms with Gasteiger partial charge in [-0.25, -0.2) is 4.98 Å². The van der Waals surface area contributed by atoms with E-state index in [1.165, 1.54) is 25.0 Å². The molecule has 0 bridgehead atoms. The molecule has 2 aromatic heterocycles. The number of hydrogen-bond acceptors (Lipinski definition) is 6. The van der Waals surface area contributed by atoms with Crippen LogP contribution in [0.15, 0.2) is 71.7 Å². The fraction of sp³-hybridized carbons (Fsp3) is 0.125. The molecule has 0 fully saturated rings. The van der Waals surface area contributed by atoms with Crippen LogP contribution >= 0.6 is 0 Å². The van der Waals surface area contributed by atoms with Gasteiger partial charge in [0.2, 0.25) is 0 Å². The highest BCUT2D eigenvalue weighted by Crippen LogP contribution is 2.30. The number of fused-ring (bicyclic) bond motifs is 1. The van der Waals surface area contributed by atoms with Crippen molar-refractivity contribution in [3.63, 3.8) is 0 Å². The number of nitrogens with zero attached hydrogens (tertiary/aromatic N) is 2. The second-order valence-corrected chi connectivity index (χ2v) is 6.85. The molecule has 7 heteroatoms. The number of Topliss-reactive ketones (excluding diaryl/α,β-unsaturated/α-hetero) is 1. The molecule has 0 saturated heterocycles. The Morgan fingerprint density at radius 1 is 1.03 bits per heavy atom. The van der Waals surface area contributed by atoms with Gasteiger partial charge in [0.15, 0.2) is 11.4 Å². The molecular weight excluding hydrogens is 396 g/mol. The minimum Gasteiger partial charge on any atom is -0.506 e. The van der Waals surface area contributed by atoms with Gasteiger partial charge in [0.1, 0.15) is 22.8 Å². The Morgan fingerprint density at radius 3 is 2.52 bits per heavy atom. The van der Waals surface area contributed by atoms with E-state index in [9.17, 15) is 14.7 Å². The maximum absolute atomic E-state index is 13.4. The molecule has 7 nitrogen and oxygen atoms in total. The first kappa shape index (κ1) is 20.2. The van der Waals surface area contributed by atoms with E-state index in [4.69, 9.17) is 9.47 Å². The smallest absolute Gasteiger partial charge is 0.271 e. The molecule has 156 valence electrons. The topological polar surface area (TPSA) is 90.6 Å². The number of aromatic hydroxyl groups is 1. The summed E-state index contributed by atoms with van der Waals surface area (Å²) in [6.45, 7) is 0.